The van der Waals surface area contributed by atoms with Gasteiger partial charge >= 0.3 is 0 Å². The molecule has 0 bridgehead atoms. The Balaban J connectivity index is 1.61. The van der Waals surface area contributed by atoms with Crippen molar-refractivity contribution in [1.29, 1.82) is 0 Å². The van der Waals surface area contributed by atoms with Crippen LogP contribution in [-0.4, -0.2) is 24.7 Å². The summed E-state index contributed by atoms with van der Waals surface area (Å²) >= 11 is 6.13. The van der Waals surface area contributed by atoms with E-state index in [9.17, 15) is 9.90 Å². The van der Waals surface area contributed by atoms with E-state index in [1.807, 2.05) is 30.3 Å². The second-order valence-corrected chi connectivity index (χ2v) is 7.12. The normalized spacial score (nSPS) is 13.8. The van der Waals surface area contributed by atoms with E-state index in [0.29, 0.717) is 23.7 Å². The summed E-state index contributed by atoms with van der Waals surface area (Å²) in [7, 11) is 1.57. The molecule has 2 N–H and O–H groups in total. The van der Waals surface area contributed by atoms with E-state index >= 15 is 0 Å². The molecule has 3 rings (SSSR count). The number of fused-ring (bicyclic) bond motifs is 1. The number of aliphatic hydroxyl groups is 1. The van der Waals surface area contributed by atoms with Crippen LogP contribution in [0, 0.1) is 0 Å². The maximum atomic E-state index is 12.5. The van der Waals surface area contributed by atoms with Gasteiger partial charge in [0.15, 0.2) is 0 Å². The number of hydrogen-bond acceptors (Lipinski definition) is 3. The molecule has 142 valence electrons. The first-order valence-corrected chi connectivity index (χ1v) is 9.57. The zero-order valence-electron chi connectivity index (χ0n) is 15.4. The third-order valence-electron chi connectivity index (χ3n) is 4.95. The van der Waals surface area contributed by atoms with Crippen molar-refractivity contribution >= 4 is 23.1 Å². The number of halogens is 1. The average Bonchev–Trinajstić information content (AvgIpc) is 2.68. The van der Waals surface area contributed by atoms with Crippen molar-refractivity contribution in [3.63, 3.8) is 0 Å². The van der Waals surface area contributed by atoms with E-state index in [1.165, 1.54) is 24.0 Å². The van der Waals surface area contributed by atoms with Gasteiger partial charge in [-0.05, 0) is 66.5 Å². The Kier molecular flexibility index (Phi) is 6.40. The Morgan fingerprint density at radius 3 is 2.67 bits per heavy atom. The summed E-state index contributed by atoms with van der Waals surface area (Å²) < 4.78 is 5.14. The minimum atomic E-state index is -0.284. The molecule has 0 aliphatic heterocycles. The molecule has 1 aliphatic carbocycles. The standard InChI is InChI=1S/C22H24ClNO3/c1-27-21-9-6-15(12-20(21)23)10-11-24-22(26)19(14-25)18-8-7-16-4-2-3-5-17(16)13-18/h6-9,12-14,25H,2-5,10-11H2,1H3,(H,24,26). The van der Waals surface area contributed by atoms with Gasteiger partial charge in [0, 0.05) is 6.54 Å². The van der Waals surface area contributed by atoms with E-state index in [2.05, 4.69) is 11.4 Å². The van der Waals surface area contributed by atoms with Crippen molar-refractivity contribution in [1.82, 2.24) is 5.32 Å². The Bertz CT molecular complexity index is 861. The lowest BCUT2D eigenvalue weighted by Crippen LogP contribution is -2.26. The highest BCUT2D eigenvalue weighted by molar-refractivity contribution is 6.32. The lowest BCUT2D eigenvalue weighted by molar-refractivity contribution is -0.115. The van der Waals surface area contributed by atoms with Gasteiger partial charge in [-0.15, -0.1) is 0 Å². The summed E-state index contributed by atoms with van der Waals surface area (Å²) in [6.45, 7) is 0.448. The van der Waals surface area contributed by atoms with Crippen molar-refractivity contribution in [2.75, 3.05) is 13.7 Å². The molecule has 2 aromatic carbocycles. The number of benzene rings is 2. The van der Waals surface area contributed by atoms with Crippen molar-refractivity contribution in [2.45, 2.75) is 32.1 Å². The average molecular weight is 386 g/mol. The number of rotatable bonds is 6. The lowest BCUT2D eigenvalue weighted by Gasteiger charge is -2.17. The minimum absolute atomic E-state index is 0.284. The molecule has 1 amide bonds. The van der Waals surface area contributed by atoms with Gasteiger partial charge in [0.2, 0.25) is 0 Å². The minimum Gasteiger partial charge on any atom is -0.515 e. The van der Waals surface area contributed by atoms with Gasteiger partial charge in [-0.2, -0.15) is 0 Å². The molecule has 27 heavy (non-hydrogen) atoms. The van der Waals surface area contributed by atoms with E-state index < -0.39 is 0 Å². The number of nitrogens with one attached hydrogen (secondary N) is 1. The highest BCUT2D eigenvalue weighted by Gasteiger charge is 2.16. The molecule has 4 nitrogen and oxygen atoms in total. The Morgan fingerprint density at radius 2 is 1.96 bits per heavy atom. The number of aliphatic hydroxyl groups excluding tert-OH is 1. The van der Waals surface area contributed by atoms with Gasteiger partial charge in [0.25, 0.3) is 5.91 Å². The van der Waals surface area contributed by atoms with Crippen LogP contribution in [0.5, 0.6) is 5.75 Å². The van der Waals surface area contributed by atoms with Crippen LogP contribution in [0.15, 0.2) is 42.7 Å². The van der Waals surface area contributed by atoms with Gasteiger partial charge in [0.05, 0.1) is 24.0 Å². The van der Waals surface area contributed by atoms with Gasteiger partial charge in [-0.3, -0.25) is 4.79 Å². The fourth-order valence-electron chi connectivity index (χ4n) is 3.45. The summed E-state index contributed by atoms with van der Waals surface area (Å²) in [5.74, 6) is 0.343. The number of methoxy groups -OCH3 is 1. The van der Waals surface area contributed by atoms with Crippen LogP contribution >= 0.6 is 11.6 Å². The quantitative estimate of drug-likeness (QED) is 0.569. The summed E-state index contributed by atoms with van der Waals surface area (Å²) in [5, 5.41) is 13.0. The molecule has 0 radical (unpaired) electrons. The molecule has 0 fully saturated rings. The second kappa shape index (κ2) is 8.96. The highest BCUT2D eigenvalue weighted by atomic mass is 35.5. The second-order valence-electron chi connectivity index (χ2n) is 6.71. The fourth-order valence-corrected chi connectivity index (χ4v) is 3.73. The number of hydrogen-bond donors (Lipinski definition) is 2. The van der Waals surface area contributed by atoms with Crippen LogP contribution < -0.4 is 10.1 Å². The van der Waals surface area contributed by atoms with Crippen LogP contribution in [0.4, 0.5) is 0 Å². The largest absolute Gasteiger partial charge is 0.515 e. The van der Waals surface area contributed by atoms with Crippen molar-refractivity contribution in [2.24, 2.45) is 0 Å². The zero-order chi connectivity index (χ0) is 19.2. The predicted octanol–water partition coefficient (Wildman–Crippen LogP) is 4.49. The first kappa shape index (κ1) is 19.3. The van der Waals surface area contributed by atoms with Gasteiger partial charge in [-0.1, -0.05) is 35.9 Å². The molecule has 0 spiro atoms. The van der Waals surface area contributed by atoms with Crippen LogP contribution in [0.2, 0.25) is 5.02 Å². The van der Waals surface area contributed by atoms with E-state index in [-0.39, 0.29) is 11.5 Å². The van der Waals surface area contributed by atoms with Crippen molar-refractivity contribution < 1.29 is 14.6 Å². The predicted molar refractivity (Wildman–Crippen MR) is 108 cm³/mol. The Morgan fingerprint density at radius 1 is 1.19 bits per heavy atom. The topological polar surface area (TPSA) is 58.6 Å². The summed E-state index contributed by atoms with van der Waals surface area (Å²) in [4.78, 5) is 12.5. The maximum absolute atomic E-state index is 12.5. The zero-order valence-corrected chi connectivity index (χ0v) is 16.2. The van der Waals surface area contributed by atoms with Crippen LogP contribution in [0.25, 0.3) is 5.57 Å². The molecule has 0 heterocycles. The molecule has 0 aromatic heterocycles. The Hall–Kier alpha value is -2.46. The van der Waals surface area contributed by atoms with Crippen LogP contribution in [0.3, 0.4) is 0 Å². The lowest BCUT2D eigenvalue weighted by atomic mass is 9.89. The van der Waals surface area contributed by atoms with Crippen molar-refractivity contribution in [3.05, 3.63) is 69.9 Å². The van der Waals surface area contributed by atoms with Gasteiger partial charge in [-0.25, -0.2) is 0 Å². The number of carbonyl (C=O) groups excluding carboxylic acids is 1. The molecular weight excluding hydrogens is 362 g/mol. The maximum Gasteiger partial charge on any atom is 0.255 e. The van der Waals surface area contributed by atoms with E-state index in [1.54, 1.807) is 7.11 Å². The number of amides is 1. The first-order chi connectivity index (χ1) is 13.1. The summed E-state index contributed by atoms with van der Waals surface area (Å²) in [6.07, 6.45) is 6.03. The van der Waals surface area contributed by atoms with E-state index in [0.717, 1.165) is 30.2 Å². The summed E-state index contributed by atoms with van der Waals surface area (Å²) in [6, 6.07) is 11.6. The summed E-state index contributed by atoms with van der Waals surface area (Å²) in [5.41, 5.74) is 4.67. The SMILES string of the molecule is COc1ccc(CCNC(=O)C(=CO)c2ccc3c(c2)CCCC3)cc1Cl. The highest BCUT2D eigenvalue weighted by Crippen LogP contribution is 2.26. The smallest absolute Gasteiger partial charge is 0.255 e. The molecule has 0 atom stereocenters. The number of ether oxygens (including phenoxy) is 1. The Labute approximate surface area is 164 Å². The van der Waals surface area contributed by atoms with Crippen LogP contribution in [-0.2, 0) is 24.1 Å². The van der Waals surface area contributed by atoms with Gasteiger partial charge in [0.1, 0.15) is 5.75 Å². The molecular formula is C22H24ClNO3. The molecule has 0 saturated heterocycles. The number of carbonyl (C=O) groups is 1. The molecule has 0 unspecified atom stereocenters. The third-order valence-corrected chi connectivity index (χ3v) is 5.24. The monoisotopic (exact) mass is 385 g/mol. The van der Waals surface area contributed by atoms with E-state index in [4.69, 9.17) is 16.3 Å². The third kappa shape index (κ3) is 4.64. The van der Waals surface area contributed by atoms with Crippen molar-refractivity contribution in [3.8, 4) is 5.75 Å². The number of aryl methyl sites for hydroxylation is 2. The molecule has 5 heteroatoms. The molecule has 1 aliphatic rings. The molecule has 0 saturated carbocycles. The molecule has 2 aromatic rings. The fraction of sp³-hybridized carbons (Fsp3) is 0.318. The van der Waals surface area contributed by atoms with Gasteiger partial charge < -0.3 is 15.2 Å². The first-order valence-electron chi connectivity index (χ1n) is 9.19. The van der Waals surface area contributed by atoms with Crippen LogP contribution in [0.1, 0.15) is 35.1 Å².